The van der Waals surface area contributed by atoms with Crippen LogP contribution in [0.25, 0.3) is 0 Å². The molecule has 0 aromatic heterocycles. The standard InChI is InChI=1S/C15H21BrN2.2ClH/c1-11-2-5-13(14(16)10-11)15(12-3-4-12)18-8-6-17-7-9-18;;/h2,5,10,12,15,17H,3-4,6-9H2,1H3;2*1H/t15-;;/m1../s1. The Labute approximate surface area is 142 Å². The molecule has 1 atom stereocenters. The molecule has 1 aromatic rings. The van der Waals surface area contributed by atoms with Crippen molar-refractivity contribution in [2.24, 2.45) is 5.92 Å². The minimum absolute atomic E-state index is 0. The summed E-state index contributed by atoms with van der Waals surface area (Å²) in [5, 5.41) is 3.45. The van der Waals surface area contributed by atoms with Gasteiger partial charge in [-0.15, -0.1) is 24.8 Å². The molecule has 0 unspecified atom stereocenters. The number of nitrogens with one attached hydrogen (secondary N) is 1. The first-order valence-electron chi connectivity index (χ1n) is 6.96. The van der Waals surface area contributed by atoms with Gasteiger partial charge in [-0.2, -0.15) is 0 Å². The van der Waals surface area contributed by atoms with Crippen LogP contribution in [0.2, 0.25) is 0 Å². The van der Waals surface area contributed by atoms with E-state index in [0.717, 1.165) is 19.0 Å². The van der Waals surface area contributed by atoms with Crippen molar-refractivity contribution in [2.75, 3.05) is 26.2 Å². The molecule has 0 spiro atoms. The van der Waals surface area contributed by atoms with Gasteiger partial charge in [0.25, 0.3) is 0 Å². The largest absolute Gasteiger partial charge is 0.314 e. The third kappa shape index (κ3) is 4.11. The molecule has 2 aliphatic rings. The average molecular weight is 382 g/mol. The second-order valence-electron chi connectivity index (χ2n) is 5.59. The first kappa shape index (κ1) is 18.2. The molecule has 1 saturated heterocycles. The lowest BCUT2D eigenvalue weighted by Crippen LogP contribution is -2.45. The van der Waals surface area contributed by atoms with Gasteiger partial charge in [-0.25, -0.2) is 0 Å². The fraction of sp³-hybridized carbons (Fsp3) is 0.600. The molecule has 1 N–H and O–H groups in total. The Balaban J connectivity index is 0.000001000. The molecule has 2 nitrogen and oxygen atoms in total. The molecule has 114 valence electrons. The van der Waals surface area contributed by atoms with Crippen LogP contribution in [0.15, 0.2) is 22.7 Å². The second kappa shape index (κ2) is 8.00. The van der Waals surface area contributed by atoms with E-state index in [4.69, 9.17) is 0 Å². The number of halogens is 3. The molecule has 1 saturated carbocycles. The molecule has 0 bridgehead atoms. The third-order valence-electron chi connectivity index (χ3n) is 4.09. The van der Waals surface area contributed by atoms with Crippen LogP contribution >= 0.6 is 40.7 Å². The Hall–Kier alpha value is 0.200. The van der Waals surface area contributed by atoms with Crippen molar-refractivity contribution in [3.05, 3.63) is 33.8 Å². The van der Waals surface area contributed by atoms with Crippen molar-refractivity contribution in [3.8, 4) is 0 Å². The van der Waals surface area contributed by atoms with Crippen molar-refractivity contribution >= 4 is 40.7 Å². The predicted molar refractivity (Wildman–Crippen MR) is 93.3 cm³/mol. The Morgan fingerprint density at radius 2 is 1.85 bits per heavy atom. The molecule has 0 amide bonds. The van der Waals surface area contributed by atoms with E-state index in [9.17, 15) is 0 Å². The summed E-state index contributed by atoms with van der Waals surface area (Å²) < 4.78 is 1.29. The topological polar surface area (TPSA) is 15.3 Å². The fourth-order valence-electron chi connectivity index (χ4n) is 2.99. The SMILES string of the molecule is Cc1ccc([C@@H](C2CC2)N2CCNCC2)c(Br)c1.Cl.Cl. The van der Waals surface area contributed by atoms with E-state index in [1.807, 2.05) is 0 Å². The lowest BCUT2D eigenvalue weighted by molar-refractivity contribution is 0.155. The Morgan fingerprint density at radius 1 is 1.20 bits per heavy atom. The van der Waals surface area contributed by atoms with Crippen LogP contribution in [0.3, 0.4) is 0 Å². The molecular formula is C15H23BrCl2N2. The molecule has 1 heterocycles. The highest BCUT2D eigenvalue weighted by Gasteiger charge is 2.37. The first-order valence-corrected chi connectivity index (χ1v) is 7.76. The van der Waals surface area contributed by atoms with Gasteiger partial charge in [-0.3, -0.25) is 4.90 Å². The normalized spacial score (nSPS) is 20.7. The predicted octanol–water partition coefficient (Wildman–Crippen LogP) is 3.96. The van der Waals surface area contributed by atoms with Crippen molar-refractivity contribution in [1.29, 1.82) is 0 Å². The summed E-state index contributed by atoms with van der Waals surface area (Å²) in [7, 11) is 0. The minimum Gasteiger partial charge on any atom is -0.314 e. The van der Waals surface area contributed by atoms with Crippen molar-refractivity contribution in [1.82, 2.24) is 10.2 Å². The zero-order valence-electron chi connectivity index (χ0n) is 11.8. The summed E-state index contributed by atoms with van der Waals surface area (Å²) in [6.45, 7) is 6.79. The number of nitrogens with zero attached hydrogens (tertiary/aromatic N) is 1. The number of hydrogen-bond acceptors (Lipinski definition) is 2. The molecule has 1 aliphatic carbocycles. The molecule has 3 rings (SSSR count). The van der Waals surface area contributed by atoms with Gasteiger partial charge in [-0.05, 0) is 42.9 Å². The maximum absolute atomic E-state index is 3.77. The maximum atomic E-state index is 3.77. The highest BCUT2D eigenvalue weighted by molar-refractivity contribution is 9.10. The van der Waals surface area contributed by atoms with Gasteiger partial charge in [0.05, 0.1) is 0 Å². The highest BCUT2D eigenvalue weighted by atomic mass is 79.9. The summed E-state index contributed by atoms with van der Waals surface area (Å²) in [4.78, 5) is 2.67. The zero-order valence-corrected chi connectivity index (χ0v) is 15.0. The van der Waals surface area contributed by atoms with Crippen molar-refractivity contribution < 1.29 is 0 Å². The van der Waals surface area contributed by atoms with Crippen LogP contribution < -0.4 is 5.32 Å². The van der Waals surface area contributed by atoms with Crippen LogP contribution in [-0.4, -0.2) is 31.1 Å². The van der Waals surface area contributed by atoms with Gasteiger partial charge in [0, 0.05) is 36.7 Å². The quantitative estimate of drug-likeness (QED) is 0.852. The first-order chi connectivity index (χ1) is 8.75. The summed E-state index contributed by atoms with van der Waals surface area (Å²) in [6, 6.07) is 7.46. The fourth-order valence-corrected chi connectivity index (χ4v) is 3.72. The van der Waals surface area contributed by atoms with Gasteiger partial charge in [0.1, 0.15) is 0 Å². The van der Waals surface area contributed by atoms with Gasteiger partial charge < -0.3 is 5.32 Å². The van der Waals surface area contributed by atoms with E-state index in [0.29, 0.717) is 6.04 Å². The smallest absolute Gasteiger partial charge is 0.0388 e. The van der Waals surface area contributed by atoms with Crippen LogP contribution in [-0.2, 0) is 0 Å². The lowest BCUT2D eigenvalue weighted by atomic mass is 9.99. The number of hydrogen-bond donors (Lipinski definition) is 1. The molecule has 0 radical (unpaired) electrons. The number of rotatable bonds is 3. The van der Waals surface area contributed by atoms with E-state index in [-0.39, 0.29) is 24.8 Å². The monoisotopic (exact) mass is 380 g/mol. The van der Waals surface area contributed by atoms with E-state index < -0.39 is 0 Å². The Morgan fingerprint density at radius 3 is 2.40 bits per heavy atom. The molecule has 1 aromatic carbocycles. The Bertz CT molecular complexity index is 432. The van der Waals surface area contributed by atoms with Crippen LogP contribution in [0.1, 0.15) is 30.0 Å². The minimum atomic E-state index is 0. The zero-order chi connectivity index (χ0) is 12.5. The van der Waals surface area contributed by atoms with Gasteiger partial charge >= 0.3 is 0 Å². The van der Waals surface area contributed by atoms with E-state index in [1.165, 1.54) is 41.5 Å². The van der Waals surface area contributed by atoms with Crippen molar-refractivity contribution in [3.63, 3.8) is 0 Å². The molecular weight excluding hydrogens is 359 g/mol. The summed E-state index contributed by atoms with van der Waals surface area (Å²) >= 11 is 3.77. The van der Waals surface area contributed by atoms with Crippen LogP contribution in [0.4, 0.5) is 0 Å². The molecule has 20 heavy (non-hydrogen) atoms. The van der Waals surface area contributed by atoms with E-state index in [2.05, 4.69) is 51.3 Å². The third-order valence-corrected chi connectivity index (χ3v) is 4.77. The molecule has 2 fully saturated rings. The maximum Gasteiger partial charge on any atom is 0.0388 e. The lowest BCUT2D eigenvalue weighted by Gasteiger charge is -2.36. The second-order valence-corrected chi connectivity index (χ2v) is 6.45. The van der Waals surface area contributed by atoms with Gasteiger partial charge in [-0.1, -0.05) is 28.1 Å². The number of aryl methyl sites for hydroxylation is 1. The van der Waals surface area contributed by atoms with E-state index >= 15 is 0 Å². The molecule has 5 heteroatoms. The summed E-state index contributed by atoms with van der Waals surface area (Å²) in [5.41, 5.74) is 2.82. The van der Waals surface area contributed by atoms with E-state index in [1.54, 1.807) is 0 Å². The Kier molecular flexibility index (Phi) is 7.30. The number of benzene rings is 1. The molecule has 1 aliphatic heterocycles. The highest BCUT2D eigenvalue weighted by Crippen LogP contribution is 2.46. The van der Waals surface area contributed by atoms with Gasteiger partial charge in [0.2, 0.25) is 0 Å². The average Bonchev–Trinajstić information content (AvgIpc) is 3.18. The van der Waals surface area contributed by atoms with Crippen LogP contribution in [0, 0.1) is 12.8 Å². The summed E-state index contributed by atoms with van der Waals surface area (Å²) in [6.07, 6.45) is 2.80. The van der Waals surface area contributed by atoms with Gasteiger partial charge in [0.15, 0.2) is 0 Å². The number of piperazine rings is 1. The van der Waals surface area contributed by atoms with Crippen molar-refractivity contribution in [2.45, 2.75) is 25.8 Å². The summed E-state index contributed by atoms with van der Waals surface area (Å²) in [5.74, 6) is 0.877. The van der Waals surface area contributed by atoms with Crippen LogP contribution in [0.5, 0.6) is 0 Å².